The van der Waals surface area contributed by atoms with Gasteiger partial charge in [-0.1, -0.05) is 0 Å². The molecule has 0 aliphatic heterocycles. The second-order valence-corrected chi connectivity index (χ2v) is 4.69. The summed E-state index contributed by atoms with van der Waals surface area (Å²) in [6.07, 6.45) is 0.0878. The molecule has 108 valence electrons. The van der Waals surface area contributed by atoms with Gasteiger partial charge in [0.2, 0.25) is 11.8 Å². The Morgan fingerprint density at radius 2 is 1.89 bits per heavy atom. The number of carbonyl (C=O) groups excluding carboxylic acids is 3. The number of carboxylic acids is 1. The lowest BCUT2D eigenvalue weighted by Crippen LogP contribution is -2.41. The summed E-state index contributed by atoms with van der Waals surface area (Å²) in [6.45, 7) is 1.23. The molecule has 0 aromatic carbocycles. The summed E-state index contributed by atoms with van der Waals surface area (Å²) in [5, 5.41) is 15.4. The van der Waals surface area contributed by atoms with Crippen LogP contribution in [0.25, 0.3) is 0 Å². The molecule has 0 radical (unpaired) electrons. The topological polar surface area (TPSA) is 125 Å². The van der Waals surface area contributed by atoms with E-state index < -0.39 is 29.9 Å². The Kier molecular flexibility index (Phi) is 8.34. The quantitative estimate of drug-likeness (QED) is 0.453. The van der Waals surface area contributed by atoms with Crippen LogP contribution in [0.15, 0.2) is 0 Å². The van der Waals surface area contributed by atoms with E-state index >= 15 is 0 Å². The van der Waals surface area contributed by atoms with Gasteiger partial charge < -0.3 is 15.7 Å². The van der Waals surface area contributed by atoms with Crippen LogP contribution in [0.2, 0.25) is 0 Å². The van der Waals surface area contributed by atoms with Crippen molar-refractivity contribution in [3.05, 3.63) is 0 Å². The number of imide groups is 1. The summed E-state index contributed by atoms with van der Waals surface area (Å²) in [4.78, 5) is 43.5. The lowest BCUT2D eigenvalue weighted by molar-refractivity contribution is -0.140. The number of hydrogen-bond donors (Lipinski definition) is 4. The second-order valence-electron chi connectivity index (χ2n) is 3.54. The lowest BCUT2D eigenvalue weighted by Gasteiger charge is -2.12. The zero-order valence-corrected chi connectivity index (χ0v) is 11.5. The number of thioether (sulfide) groups is 1. The summed E-state index contributed by atoms with van der Waals surface area (Å²) < 4.78 is 0. The molecule has 4 amide bonds. The van der Waals surface area contributed by atoms with E-state index in [4.69, 9.17) is 5.11 Å². The summed E-state index contributed by atoms with van der Waals surface area (Å²) in [6, 6.07) is -1.57. The number of nitrogens with one attached hydrogen (secondary N) is 3. The maximum absolute atomic E-state index is 11.2. The van der Waals surface area contributed by atoms with Crippen molar-refractivity contribution in [1.82, 2.24) is 16.0 Å². The van der Waals surface area contributed by atoms with Gasteiger partial charge in [-0.05, 0) is 0 Å². The number of urea groups is 1. The van der Waals surface area contributed by atoms with Gasteiger partial charge in [0, 0.05) is 31.9 Å². The molecule has 0 spiro atoms. The Morgan fingerprint density at radius 1 is 1.26 bits per heavy atom. The van der Waals surface area contributed by atoms with E-state index in [1.54, 1.807) is 0 Å². The molecule has 0 heterocycles. The average molecular weight is 291 g/mol. The largest absolute Gasteiger partial charge is 0.480 e. The standard InChI is InChI=1S/C10H17N3O5S/c1-6(14)12-7(9(16)17)5-19-4-3-8(15)13-10(18)11-2/h7H,3-5H2,1-2H3,(H,12,14)(H,16,17)(H2,11,13,15,18)/t7-/m0/s1. The molecule has 8 nitrogen and oxygen atoms in total. The summed E-state index contributed by atoms with van der Waals surface area (Å²) >= 11 is 1.21. The summed E-state index contributed by atoms with van der Waals surface area (Å²) in [7, 11) is 1.39. The molecular weight excluding hydrogens is 274 g/mol. The zero-order valence-electron chi connectivity index (χ0n) is 10.7. The second kappa shape index (κ2) is 9.20. The molecule has 0 saturated carbocycles. The van der Waals surface area contributed by atoms with Crippen molar-refractivity contribution < 1.29 is 24.3 Å². The van der Waals surface area contributed by atoms with Gasteiger partial charge in [-0.2, -0.15) is 11.8 Å². The van der Waals surface area contributed by atoms with Crippen LogP contribution in [-0.4, -0.2) is 53.5 Å². The smallest absolute Gasteiger partial charge is 0.327 e. The van der Waals surface area contributed by atoms with Crippen LogP contribution in [0.5, 0.6) is 0 Å². The highest BCUT2D eigenvalue weighted by Crippen LogP contribution is 2.05. The van der Waals surface area contributed by atoms with Crippen molar-refractivity contribution in [2.45, 2.75) is 19.4 Å². The molecule has 0 aromatic rings. The van der Waals surface area contributed by atoms with Crippen molar-refractivity contribution in [1.29, 1.82) is 0 Å². The van der Waals surface area contributed by atoms with Crippen LogP contribution in [0.3, 0.4) is 0 Å². The van der Waals surface area contributed by atoms with Crippen molar-refractivity contribution in [2.24, 2.45) is 0 Å². The molecular formula is C10H17N3O5S. The fraction of sp³-hybridized carbons (Fsp3) is 0.600. The zero-order chi connectivity index (χ0) is 14.8. The average Bonchev–Trinajstić information content (AvgIpc) is 2.32. The fourth-order valence-electron chi connectivity index (χ4n) is 1.04. The number of carboxylic acid groups (broad SMARTS) is 1. The highest BCUT2D eigenvalue weighted by atomic mass is 32.2. The Morgan fingerprint density at radius 3 is 2.37 bits per heavy atom. The van der Waals surface area contributed by atoms with Crippen LogP contribution in [0, 0.1) is 0 Å². The first-order valence-electron chi connectivity index (χ1n) is 5.46. The first-order chi connectivity index (χ1) is 8.86. The van der Waals surface area contributed by atoms with Gasteiger partial charge in [-0.25, -0.2) is 9.59 Å². The normalized spacial score (nSPS) is 11.3. The molecule has 19 heavy (non-hydrogen) atoms. The highest BCUT2D eigenvalue weighted by molar-refractivity contribution is 7.99. The predicted octanol–water partition coefficient (Wildman–Crippen LogP) is -0.845. The first kappa shape index (κ1) is 17.2. The molecule has 0 bridgehead atoms. The predicted molar refractivity (Wildman–Crippen MR) is 69.8 cm³/mol. The van der Waals surface area contributed by atoms with E-state index in [1.807, 2.05) is 0 Å². The van der Waals surface area contributed by atoms with E-state index in [-0.39, 0.29) is 12.2 Å². The third-order valence-corrected chi connectivity index (χ3v) is 2.98. The van der Waals surface area contributed by atoms with Crippen molar-refractivity contribution in [3.8, 4) is 0 Å². The minimum atomic E-state index is -1.13. The van der Waals surface area contributed by atoms with Crippen molar-refractivity contribution in [2.75, 3.05) is 18.6 Å². The monoisotopic (exact) mass is 291 g/mol. The highest BCUT2D eigenvalue weighted by Gasteiger charge is 2.18. The third kappa shape index (κ3) is 8.89. The van der Waals surface area contributed by atoms with Gasteiger partial charge in [0.1, 0.15) is 6.04 Å². The van der Waals surface area contributed by atoms with Gasteiger partial charge >= 0.3 is 12.0 Å². The number of carbonyl (C=O) groups is 4. The van der Waals surface area contributed by atoms with Crippen LogP contribution < -0.4 is 16.0 Å². The number of rotatable bonds is 7. The number of hydrogen-bond acceptors (Lipinski definition) is 5. The van der Waals surface area contributed by atoms with E-state index in [2.05, 4.69) is 16.0 Å². The van der Waals surface area contributed by atoms with Crippen LogP contribution in [0.4, 0.5) is 4.79 Å². The summed E-state index contributed by atoms with van der Waals surface area (Å²) in [5.74, 6) is -1.49. The number of amides is 4. The Balaban J connectivity index is 3.88. The lowest BCUT2D eigenvalue weighted by atomic mass is 10.3. The Bertz CT molecular complexity index is 361. The SMILES string of the molecule is CNC(=O)NC(=O)CCSC[C@H](NC(C)=O)C(=O)O. The van der Waals surface area contributed by atoms with Crippen molar-refractivity contribution in [3.63, 3.8) is 0 Å². The minimum Gasteiger partial charge on any atom is -0.480 e. The van der Waals surface area contributed by atoms with Crippen molar-refractivity contribution >= 4 is 35.6 Å². The van der Waals surface area contributed by atoms with E-state index in [9.17, 15) is 19.2 Å². The van der Waals surface area contributed by atoms with E-state index in [0.29, 0.717) is 5.75 Å². The fourth-order valence-corrected chi connectivity index (χ4v) is 2.00. The van der Waals surface area contributed by atoms with Gasteiger partial charge in [0.15, 0.2) is 0 Å². The molecule has 9 heteroatoms. The minimum absolute atomic E-state index is 0.0878. The molecule has 4 N–H and O–H groups in total. The first-order valence-corrected chi connectivity index (χ1v) is 6.61. The Hall–Kier alpha value is -1.77. The van der Waals surface area contributed by atoms with E-state index in [1.165, 1.54) is 25.7 Å². The molecule has 0 unspecified atom stereocenters. The van der Waals surface area contributed by atoms with Crippen LogP contribution in [0.1, 0.15) is 13.3 Å². The van der Waals surface area contributed by atoms with Crippen LogP contribution in [-0.2, 0) is 14.4 Å². The van der Waals surface area contributed by atoms with Gasteiger partial charge in [-0.15, -0.1) is 0 Å². The summed E-state index contributed by atoms with van der Waals surface area (Å²) in [5.41, 5.74) is 0. The van der Waals surface area contributed by atoms with Crippen LogP contribution >= 0.6 is 11.8 Å². The van der Waals surface area contributed by atoms with Gasteiger partial charge in [-0.3, -0.25) is 14.9 Å². The maximum Gasteiger partial charge on any atom is 0.327 e. The van der Waals surface area contributed by atoms with Gasteiger partial charge in [0.05, 0.1) is 0 Å². The maximum atomic E-state index is 11.2. The van der Waals surface area contributed by atoms with E-state index in [0.717, 1.165) is 0 Å². The molecule has 1 atom stereocenters. The molecule has 0 aliphatic rings. The molecule has 0 aliphatic carbocycles. The molecule has 0 aromatic heterocycles. The molecule has 0 saturated heterocycles. The molecule has 0 fully saturated rings. The van der Waals surface area contributed by atoms with Gasteiger partial charge in [0.25, 0.3) is 0 Å². The third-order valence-electron chi connectivity index (χ3n) is 1.91. The molecule has 0 rings (SSSR count). The Labute approximate surface area is 114 Å². The number of aliphatic carboxylic acids is 1.